The number of nitrogens with one attached hydrogen (secondary N) is 1. The standard InChI is InChI=1S/C24H33ClN2O3S/c1-5-7-8-20(6-2)16-26-24(28)17-27(21-12-11-19(4)23(25)15-21)31(29,30)22-13-9-18(3)10-14-22/h9-15,20H,5-8,16-17H2,1-4H3,(H,26,28)/t20-/m0/s1. The summed E-state index contributed by atoms with van der Waals surface area (Å²) in [6.07, 6.45) is 4.25. The fourth-order valence-electron chi connectivity index (χ4n) is 3.28. The van der Waals surface area contributed by atoms with Gasteiger partial charge >= 0.3 is 0 Å². The van der Waals surface area contributed by atoms with Crippen molar-refractivity contribution in [2.24, 2.45) is 5.92 Å². The van der Waals surface area contributed by atoms with E-state index in [4.69, 9.17) is 11.6 Å². The van der Waals surface area contributed by atoms with Gasteiger partial charge in [0.05, 0.1) is 10.6 Å². The van der Waals surface area contributed by atoms with Crippen molar-refractivity contribution in [1.29, 1.82) is 0 Å². The topological polar surface area (TPSA) is 66.5 Å². The highest BCUT2D eigenvalue weighted by atomic mass is 35.5. The predicted octanol–water partition coefficient (Wildman–Crippen LogP) is 5.48. The zero-order chi connectivity index (χ0) is 23.0. The summed E-state index contributed by atoms with van der Waals surface area (Å²) >= 11 is 6.26. The van der Waals surface area contributed by atoms with Crippen LogP contribution in [0.1, 0.15) is 50.7 Å². The molecule has 31 heavy (non-hydrogen) atoms. The largest absolute Gasteiger partial charge is 0.354 e. The lowest BCUT2D eigenvalue weighted by molar-refractivity contribution is -0.119. The first-order valence-corrected chi connectivity index (χ1v) is 12.6. The monoisotopic (exact) mass is 464 g/mol. The van der Waals surface area contributed by atoms with Crippen LogP contribution in [-0.4, -0.2) is 27.4 Å². The zero-order valence-electron chi connectivity index (χ0n) is 18.8. The number of nitrogens with zero attached hydrogens (tertiary/aromatic N) is 1. The van der Waals surface area contributed by atoms with Crippen LogP contribution >= 0.6 is 11.6 Å². The Labute approximate surface area is 191 Å². The first kappa shape index (κ1) is 25.2. The molecule has 1 N–H and O–H groups in total. The summed E-state index contributed by atoms with van der Waals surface area (Å²) in [7, 11) is -3.94. The minimum Gasteiger partial charge on any atom is -0.354 e. The normalized spacial score (nSPS) is 12.4. The fraction of sp³-hybridized carbons (Fsp3) is 0.458. The van der Waals surface area contributed by atoms with Gasteiger partial charge in [-0.05, 0) is 56.0 Å². The van der Waals surface area contributed by atoms with Crippen molar-refractivity contribution >= 4 is 33.2 Å². The SMILES string of the molecule is CCCC[C@H](CC)CNC(=O)CN(c1ccc(C)c(Cl)c1)S(=O)(=O)c1ccc(C)cc1. The number of sulfonamides is 1. The van der Waals surface area contributed by atoms with Gasteiger partial charge in [-0.3, -0.25) is 9.10 Å². The second kappa shape index (κ2) is 11.5. The van der Waals surface area contributed by atoms with Crippen molar-refractivity contribution in [2.75, 3.05) is 17.4 Å². The zero-order valence-corrected chi connectivity index (χ0v) is 20.4. The Morgan fingerprint density at radius 1 is 1.10 bits per heavy atom. The number of hydrogen-bond acceptors (Lipinski definition) is 3. The fourth-order valence-corrected chi connectivity index (χ4v) is 4.86. The van der Waals surface area contributed by atoms with E-state index in [2.05, 4.69) is 19.2 Å². The molecule has 0 saturated carbocycles. The Balaban J connectivity index is 2.29. The number of anilines is 1. The van der Waals surface area contributed by atoms with Crippen molar-refractivity contribution < 1.29 is 13.2 Å². The summed E-state index contributed by atoms with van der Waals surface area (Å²) in [6, 6.07) is 11.6. The van der Waals surface area contributed by atoms with E-state index in [0.717, 1.165) is 41.1 Å². The average molecular weight is 465 g/mol. The minimum atomic E-state index is -3.94. The maximum Gasteiger partial charge on any atom is 0.264 e. The second-order valence-electron chi connectivity index (χ2n) is 7.98. The van der Waals surface area contributed by atoms with Crippen molar-refractivity contribution in [1.82, 2.24) is 5.32 Å². The Bertz CT molecular complexity index is 975. The van der Waals surface area contributed by atoms with Crippen LogP contribution in [0.4, 0.5) is 5.69 Å². The molecule has 0 aromatic heterocycles. The van der Waals surface area contributed by atoms with E-state index in [9.17, 15) is 13.2 Å². The summed E-state index contributed by atoms with van der Waals surface area (Å²) in [4.78, 5) is 12.9. The van der Waals surface area contributed by atoms with E-state index in [-0.39, 0.29) is 17.3 Å². The quantitative estimate of drug-likeness (QED) is 0.478. The third-order valence-corrected chi connectivity index (χ3v) is 7.67. The average Bonchev–Trinajstić information content (AvgIpc) is 2.74. The van der Waals surface area contributed by atoms with Gasteiger partial charge in [0.15, 0.2) is 0 Å². The molecule has 0 unspecified atom stereocenters. The summed E-state index contributed by atoms with van der Waals surface area (Å²) in [5.74, 6) is 0.0576. The van der Waals surface area contributed by atoms with E-state index in [0.29, 0.717) is 23.2 Å². The molecule has 1 amide bonds. The van der Waals surface area contributed by atoms with Crippen molar-refractivity contribution in [3.63, 3.8) is 0 Å². The van der Waals surface area contributed by atoms with Gasteiger partial charge in [-0.2, -0.15) is 0 Å². The van der Waals surface area contributed by atoms with Gasteiger partial charge < -0.3 is 5.32 Å². The highest BCUT2D eigenvalue weighted by Gasteiger charge is 2.27. The third kappa shape index (κ3) is 6.97. The lowest BCUT2D eigenvalue weighted by Crippen LogP contribution is -2.42. The molecule has 0 saturated heterocycles. The lowest BCUT2D eigenvalue weighted by atomic mass is 9.99. The molecule has 0 fully saturated rings. The van der Waals surface area contributed by atoms with Gasteiger partial charge in [-0.25, -0.2) is 8.42 Å². The number of aryl methyl sites for hydroxylation is 2. The van der Waals surface area contributed by atoms with E-state index < -0.39 is 10.0 Å². The Kier molecular flexibility index (Phi) is 9.38. The number of benzene rings is 2. The molecule has 0 bridgehead atoms. The molecule has 5 nitrogen and oxygen atoms in total. The number of unbranched alkanes of at least 4 members (excludes halogenated alkanes) is 1. The molecule has 0 aliphatic heterocycles. The lowest BCUT2D eigenvalue weighted by Gasteiger charge is -2.25. The van der Waals surface area contributed by atoms with Crippen LogP contribution in [0, 0.1) is 19.8 Å². The number of carbonyl (C=O) groups excluding carboxylic acids is 1. The van der Waals surface area contributed by atoms with Crippen LogP contribution in [0.15, 0.2) is 47.4 Å². The molecule has 2 aromatic carbocycles. The van der Waals surface area contributed by atoms with E-state index in [1.165, 1.54) is 0 Å². The van der Waals surface area contributed by atoms with Crippen LogP contribution in [0.25, 0.3) is 0 Å². The number of hydrogen-bond donors (Lipinski definition) is 1. The van der Waals surface area contributed by atoms with Gasteiger partial charge in [-0.1, -0.05) is 68.5 Å². The predicted molar refractivity (Wildman–Crippen MR) is 128 cm³/mol. The summed E-state index contributed by atoms with van der Waals surface area (Å²) in [6.45, 7) is 8.23. The van der Waals surface area contributed by atoms with Gasteiger partial charge in [-0.15, -0.1) is 0 Å². The molecular weight excluding hydrogens is 432 g/mol. The van der Waals surface area contributed by atoms with Gasteiger partial charge in [0.25, 0.3) is 10.0 Å². The first-order chi connectivity index (χ1) is 14.7. The summed E-state index contributed by atoms with van der Waals surface area (Å²) < 4.78 is 28.0. The molecule has 170 valence electrons. The smallest absolute Gasteiger partial charge is 0.264 e. The number of halogens is 1. The van der Waals surface area contributed by atoms with Crippen molar-refractivity contribution in [3.8, 4) is 0 Å². The number of amides is 1. The Morgan fingerprint density at radius 3 is 2.35 bits per heavy atom. The van der Waals surface area contributed by atoms with Crippen molar-refractivity contribution in [2.45, 2.75) is 58.3 Å². The first-order valence-electron chi connectivity index (χ1n) is 10.8. The van der Waals surface area contributed by atoms with Crippen LogP contribution in [0.3, 0.4) is 0 Å². The minimum absolute atomic E-state index is 0.136. The molecule has 0 spiro atoms. The van der Waals surface area contributed by atoms with E-state index in [1.807, 2.05) is 13.8 Å². The summed E-state index contributed by atoms with van der Waals surface area (Å²) in [5, 5.41) is 3.37. The molecular formula is C24H33ClN2O3S. The molecule has 0 aliphatic rings. The van der Waals surface area contributed by atoms with E-state index >= 15 is 0 Å². The highest BCUT2D eigenvalue weighted by molar-refractivity contribution is 7.92. The molecule has 1 atom stereocenters. The van der Waals surface area contributed by atoms with Crippen LogP contribution in [0.2, 0.25) is 5.02 Å². The van der Waals surface area contributed by atoms with Gasteiger partial charge in [0.1, 0.15) is 6.54 Å². The summed E-state index contributed by atoms with van der Waals surface area (Å²) in [5.41, 5.74) is 2.16. The van der Waals surface area contributed by atoms with E-state index in [1.54, 1.807) is 42.5 Å². The van der Waals surface area contributed by atoms with Crippen LogP contribution < -0.4 is 9.62 Å². The third-order valence-electron chi connectivity index (χ3n) is 5.47. The number of carbonyl (C=O) groups is 1. The second-order valence-corrected chi connectivity index (χ2v) is 10.2. The highest BCUT2D eigenvalue weighted by Crippen LogP contribution is 2.28. The molecule has 7 heteroatoms. The molecule has 0 radical (unpaired) electrons. The van der Waals surface area contributed by atoms with Crippen molar-refractivity contribution in [3.05, 3.63) is 58.6 Å². The molecule has 0 aliphatic carbocycles. The Hall–Kier alpha value is -2.05. The molecule has 0 heterocycles. The van der Waals surface area contributed by atoms with Gasteiger partial charge in [0.2, 0.25) is 5.91 Å². The maximum atomic E-state index is 13.4. The molecule has 2 aromatic rings. The van der Waals surface area contributed by atoms with Crippen LogP contribution in [0.5, 0.6) is 0 Å². The van der Waals surface area contributed by atoms with Crippen LogP contribution in [-0.2, 0) is 14.8 Å². The Morgan fingerprint density at radius 2 is 1.77 bits per heavy atom. The maximum absolute atomic E-state index is 13.4. The van der Waals surface area contributed by atoms with Gasteiger partial charge in [0, 0.05) is 11.6 Å². The molecule has 2 rings (SSSR count). The number of rotatable bonds is 11.